The molecule has 1 unspecified atom stereocenters. The lowest BCUT2D eigenvalue weighted by atomic mass is 9.88. The molecule has 0 aliphatic carbocycles. The minimum absolute atomic E-state index is 0.147. The summed E-state index contributed by atoms with van der Waals surface area (Å²) in [4.78, 5) is 9.68. The van der Waals surface area contributed by atoms with E-state index in [1.807, 2.05) is 36.4 Å². The van der Waals surface area contributed by atoms with E-state index in [0.29, 0.717) is 0 Å². The minimum atomic E-state index is -0.262. The van der Waals surface area contributed by atoms with Gasteiger partial charge < -0.3 is 9.64 Å². The summed E-state index contributed by atoms with van der Waals surface area (Å²) in [6, 6.07) is 21.1. The number of amidine groups is 1. The Morgan fingerprint density at radius 3 is 2.27 bits per heavy atom. The number of rotatable bonds is 4. The molecule has 186 valence electrons. The van der Waals surface area contributed by atoms with E-state index in [1.54, 1.807) is 31.0 Å². The number of benzene rings is 3. The third kappa shape index (κ3) is 4.49. The molecule has 6 rings (SSSR count). The average molecular weight is 514 g/mol. The fourth-order valence-electron chi connectivity index (χ4n) is 5.10. The van der Waals surface area contributed by atoms with Crippen molar-refractivity contribution in [2.24, 2.45) is 4.99 Å². The molecule has 7 heteroatoms. The van der Waals surface area contributed by atoms with Crippen molar-refractivity contribution in [3.63, 3.8) is 0 Å². The molecule has 3 aromatic carbocycles. The molecule has 0 saturated heterocycles. The van der Waals surface area contributed by atoms with Crippen LogP contribution in [0.4, 0.5) is 8.78 Å². The normalized spacial score (nSPS) is 20.5. The second-order valence-corrected chi connectivity index (χ2v) is 10.2. The summed E-state index contributed by atoms with van der Waals surface area (Å²) >= 11 is 1.59. The SMILES string of the molecule is COc1ccc(C2=CSC3=NC4=C(CN(C)C/C4=C\c4ccc(F)cc4)C(c4ccc(F)cc4)N23)cc1. The largest absolute Gasteiger partial charge is 0.497 e. The first-order valence-electron chi connectivity index (χ1n) is 12.0. The Morgan fingerprint density at radius 1 is 0.919 bits per heavy atom. The van der Waals surface area contributed by atoms with Crippen LogP contribution in [0.25, 0.3) is 11.8 Å². The van der Waals surface area contributed by atoms with Crippen LogP contribution in [0.3, 0.4) is 0 Å². The minimum Gasteiger partial charge on any atom is -0.497 e. The van der Waals surface area contributed by atoms with Gasteiger partial charge in [0.2, 0.25) is 0 Å². The molecule has 3 aliphatic rings. The van der Waals surface area contributed by atoms with Gasteiger partial charge in [-0.2, -0.15) is 0 Å². The summed E-state index contributed by atoms with van der Waals surface area (Å²) in [5, 5.41) is 3.01. The Morgan fingerprint density at radius 2 is 1.59 bits per heavy atom. The Hall–Kier alpha value is -3.68. The number of hydrogen-bond donors (Lipinski definition) is 0. The third-order valence-corrected chi connectivity index (χ3v) is 7.65. The van der Waals surface area contributed by atoms with Gasteiger partial charge in [-0.15, -0.1) is 0 Å². The summed E-state index contributed by atoms with van der Waals surface area (Å²) in [6.45, 7) is 1.46. The summed E-state index contributed by atoms with van der Waals surface area (Å²) in [7, 11) is 3.74. The van der Waals surface area contributed by atoms with Gasteiger partial charge in [0.25, 0.3) is 0 Å². The average Bonchev–Trinajstić information content (AvgIpc) is 3.33. The molecule has 0 spiro atoms. The van der Waals surface area contributed by atoms with Gasteiger partial charge in [-0.1, -0.05) is 36.0 Å². The number of thioether (sulfide) groups is 1. The first-order valence-corrected chi connectivity index (χ1v) is 12.9. The van der Waals surface area contributed by atoms with Gasteiger partial charge in [-0.05, 0) is 89.5 Å². The van der Waals surface area contributed by atoms with E-state index >= 15 is 0 Å². The molecular formula is C30H25F2N3OS. The summed E-state index contributed by atoms with van der Waals surface area (Å²) in [5.74, 6) is 0.279. The van der Waals surface area contributed by atoms with Crippen LogP contribution >= 0.6 is 11.8 Å². The molecule has 3 heterocycles. The highest BCUT2D eigenvalue weighted by Gasteiger charge is 2.41. The number of likely N-dealkylation sites (N-methyl/N-ethyl adjacent to an activating group) is 1. The third-order valence-electron chi connectivity index (χ3n) is 6.81. The Balaban J connectivity index is 1.49. The van der Waals surface area contributed by atoms with Crippen molar-refractivity contribution < 1.29 is 13.5 Å². The molecule has 1 atom stereocenters. The number of aliphatic imine (C=N–C) groups is 1. The highest BCUT2D eigenvalue weighted by molar-refractivity contribution is 8.16. The maximum absolute atomic E-state index is 13.9. The van der Waals surface area contributed by atoms with E-state index in [1.165, 1.54) is 24.3 Å². The predicted octanol–water partition coefficient (Wildman–Crippen LogP) is 6.71. The quantitative estimate of drug-likeness (QED) is 0.387. The molecule has 0 radical (unpaired) electrons. The lowest BCUT2D eigenvalue weighted by molar-refractivity contribution is 0.344. The maximum atomic E-state index is 13.9. The van der Waals surface area contributed by atoms with E-state index in [0.717, 1.165) is 63.2 Å². The summed E-state index contributed by atoms with van der Waals surface area (Å²) < 4.78 is 32.8. The van der Waals surface area contributed by atoms with Crippen molar-refractivity contribution in [1.29, 1.82) is 0 Å². The Labute approximate surface area is 219 Å². The number of halogens is 2. The highest BCUT2D eigenvalue weighted by atomic mass is 32.2. The number of fused-ring (bicyclic) bond motifs is 1. The fraction of sp³-hybridized carbons (Fsp3) is 0.167. The van der Waals surface area contributed by atoms with Crippen LogP contribution in [0.1, 0.15) is 22.7 Å². The van der Waals surface area contributed by atoms with E-state index in [2.05, 4.69) is 28.3 Å². The van der Waals surface area contributed by atoms with Crippen LogP contribution in [0.15, 0.2) is 100 Å². The van der Waals surface area contributed by atoms with Crippen molar-refractivity contribution in [2.75, 3.05) is 27.2 Å². The molecule has 0 saturated carbocycles. The van der Waals surface area contributed by atoms with Crippen molar-refractivity contribution in [3.8, 4) is 5.75 Å². The first kappa shape index (κ1) is 23.7. The summed E-state index contributed by atoms with van der Waals surface area (Å²) in [6.07, 6.45) is 2.09. The molecule has 0 aromatic heterocycles. The fourth-order valence-corrected chi connectivity index (χ4v) is 6.03. The smallest absolute Gasteiger partial charge is 0.174 e. The number of nitrogens with zero attached hydrogens (tertiary/aromatic N) is 3. The van der Waals surface area contributed by atoms with Crippen molar-refractivity contribution in [1.82, 2.24) is 9.80 Å². The lowest BCUT2D eigenvalue weighted by Crippen LogP contribution is -2.40. The van der Waals surface area contributed by atoms with Gasteiger partial charge in [-0.25, -0.2) is 13.8 Å². The van der Waals surface area contributed by atoms with Crippen molar-refractivity contribution in [2.45, 2.75) is 6.04 Å². The Kier molecular flexibility index (Phi) is 6.18. The zero-order chi connectivity index (χ0) is 25.5. The zero-order valence-corrected chi connectivity index (χ0v) is 21.3. The van der Waals surface area contributed by atoms with Gasteiger partial charge >= 0.3 is 0 Å². The zero-order valence-electron chi connectivity index (χ0n) is 20.5. The van der Waals surface area contributed by atoms with E-state index in [9.17, 15) is 8.78 Å². The van der Waals surface area contributed by atoms with Gasteiger partial charge in [0.15, 0.2) is 5.17 Å². The lowest BCUT2D eigenvalue weighted by Gasteiger charge is -2.42. The maximum Gasteiger partial charge on any atom is 0.174 e. The molecule has 0 fully saturated rings. The van der Waals surface area contributed by atoms with Gasteiger partial charge in [-0.3, -0.25) is 4.90 Å². The van der Waals surface area contributed by atoms with Crippen LogP contribution in [0, 0.1) is 11.6 Å². The standard InChI is InChI=1S/C30H25F2N3OS/c1-34-16-22(15-19-3-9-23(31)10-4-19)28-26(17-34)29(21-5-11-24(32)12-6-21)35-27(18-37-30(35)33-28)20-7-13-25(36-2)14-8-20/h3-15,18,29H,16-17H2,1-2H3/b22-15+. The molecular weight excluding hydrogens is 488 g/mol. The van der Waals surface area contributed by atoms with Crippen LogP contribution < -0.4 is 4.74 Å². The molecule has 0 N–H and O–H groups in total. The molecule has 4 nitrogen and oxygen atoms in total. The van der Waals surface area contributed by atoms with E-state index < -0.39 is 0 Å². The molecule has 0 bridgehead atoms. The molecule has 37 heavy (non-hydrogen) atoms. The number of methoxy groups -OCH3 is 1. The van der Waals surface area contributed by atoms with Gasteiger partial charge in [0.1, 0.15) is 17.4 Å². The van der Waals surface area contributed by atoms with E-state index in [-0.39, 0.29) is 17.7 Å². The number of ether oxygens (including phenoxy) is 1. The second-order valence-electron chi connectivity index (χ2n) is 9.34. The van der Waals surface area contributed by atoms with E-state index in [4.69, 9.17) is 9.73 Å². The van der Waals surface area contributed by atoms with Crippen LogP contribution in [-0.4, -0.2) is 42.2 Å². The highest BCUT2D eigenvalue weighted by Crippen LogP contribution is 2.49. The monoisotopic (exact) mass is 513 g/mol. The van der Waals surface area contributed by atoms with Gasteiger partial charge in [0, 0.05) is 18.5 Å². The van der Waals surface area contributed by atoms with Crippen LogP contribution in [0.2, 0.25) is 0 Å². The molecule has 3 aromatic rings. The predicted molar refractivity (Wildman–Crippen MR) is 146 cm³/mol. The van der Waals surface area contributed by atoms with Crippen molar-refractivity contribution >= 4 is 28.7 Å². The first-order chi connectivity index (χ1) is 18.0. The van der Waals surface area contributed by atoms with Crippen LogP contribution in [-0.2, 0) is 0 Å². The van der Waals surface area contributed by atoms with Crippen molar-refractivity contribution in [3.05, 3.63) is 123 Å². The number of hydrogen-bond acceptors (Lipinski definition) is 5. The topological polar surface area (TPSA) is 28.1 Å². The molecule has 3 aliphatic heterocycles. The van der Waals surface area contributed by atoms with Gasteiger partial charge in [0.05, 0.1) is 24.5 Å². The second kappa shape index (κ2) is 9.65. The Bertz CT molecular complexity index is 1460. The summed E-state index contributed by atoms with van der Waals surface area (Å²) in [5.41, 5.74) is 7.22. The molecule has 0 amide bonds. The van der Waals surface area contributed by atoms with Crippen LogP contribution in [0.5, 0.6) is 5.75 Å².